The fourth-order valence-corrected chi connectivity index (χ4v) is 1.51. The Morgan fingerprint density at radius 2 is 1.79 bits per heavy atom. The number of hydrogen-bond acceptors (Lipinski definition) is 2. The maximum Gasteiger partial charge on any atom is 0.122 e. The molecule has 1 rings (SSSR count). The molecule has 2 N–H and O–H groups in total. The zero-order valence-corrected chi connectivity index (χ0v) is 9.09. The number of rotatable bonds is 3. The van der Waals surface area contributed by atoms with E-state index < -0.39 is 0 Å². The molecule has 0 spiro atoms. The standard InChI is InChI=1S/C12H18O2/c1-4-5-6-10-7-11(13)8(2)9(3)12(10)14/h7,13-14H,4-6H2,1-3H3. The van der Waals surface area contributed by atoms with Crippen LogP contribution in [0.4, 0.5) is 0 Å². The fraction of sp³-hybridized carbons (Fsp3) is 0.500. The molecule has 0 fully saturated rings. The van der Waals surface area contributed by atoms with Gasteiger partial charge in [0.05, 0.1) is 0 Å². The third-order valence-electron chi connectivity index (χ3n) is 2.72. The monoisotopic (exact) mass is 194 g/mol. The topological polar surface area (TPSA) is 40.5 Å². The lowest BCUT2D eigenvalue weighted by atomic mass is 9.99. The van der Waals surface area contributed by atoms with Gasteiger partial charge in [0.2, 0.25) is 0 Å². The molecule has 0 saturated heterocycles. The Morgan fingerprint density at radius 1 is 1.14 bits per heavy atom. The summed E-state index contributed by atoms with van der Waals surface area (Å²) in [5.74, 6) is 0.625. The van der Waals surface area contributed by atoms with E-state index in [0.717, 1.165) is 36.0 Å². The lowest BCUT2D eigenvalue weighted by molar-refractivity contribution is 0.446. The summed E-state index contributed by atoms with van der Waals surface area (Å²) < 4.78 is 0. The number of benzene rings is 1. The van der Waals surface area contributed by atoms with E-state index in [0.29, 0.717) is 5.75 Å². The van der Waals surface area contributed by atoms with Crippen LogP contribution in [0, 0.1) is 13.8 Å². The van der Waals surface area contributed by atoms with Gasteiger partial charge in [0.15, 0.2) is 0 Å². The number of aryl methyl sites for hydroxylation is 1. The lowest BCUT2D eigenvalue weighted by Gasteiger charge is -2.11. The quantitative estimate of drug-likeness (QED) is 0.726. The van der Waals surface area contributed by atoms with E-state index in [-0.39, 0.29) is 5.75 Å². The van der Waals surface area contributed by atoms with E-state index in [2.05, 4.69) is 6.92 Å². The normalized spacial score (nSPS) is 10.5. The second kappa shape index (κ2) is 4.36. The van der Waals surface area contributed by atoms with Crippen molar-refractivity contribution in [2.24, 2.45) is 0 Å². The smallest absolute Gasteiger partial charge is 0.122 e. The van der Waals surface area contributed by atoms with Gasteiger partial charge in [0.25, 0.3) is 0 Å². The van der Waals surface area contributed by atoms with E-state index in [9.17, 15) is 10.2 Å². The van der Waals surface area contributed by atoms with Crippen LogP contribution in [-0.4, -0.2) is 10.2 Å². The first-order valence-corrected chi connectivity index (χ1v) is 5.09. The Bertz CT molecular complexity index is 330. The third-order valence-corrected chi connectivity index (χ3v) is 2.72. The molecular formula is C12H18O2. The first kappa shape index (κ1) is 10.9. The molecular weight excluding hydrogens is 176 g/mol. The molecule has 0 saturated carbocycles. The van der Waals surface area contributed by atoms with Gasteiger partial charge < -0.3 is 10.2 Å². The van der Waals surface area contributed by atoms with Crippen LogP contribution in [0.5, 0.6) is 11.5 Å². The molecule has 0 bridgehead atoms. The van der Waals surface area contributed by atoms with Crippen LogP contribution in [0.25, 0.3) is 0 Å². The number of phenolic OH excluding ortho intramolecular Hbond substituents is 2. The number of hydrogen-bond donors (Lipinski definition) is 2. The zero-order valence-electron chi connectivity index (χ0n) is 9.09. The Balaban J connectivity index is 3.06. The average Bonchev–Trinajstić information content (AvgIpc) is 2.18. The second-order valence-corrected chi connectivity index (χ2v) is 3.76. The number of aromatic hydroxyl groups is 2. The van der Waals surface area contributed by atoms with E-state index in [1.807, 2.05) is 13.8 Å². The van der Waals surface area contributed by atoms with Crippen molar-refractivity contribution in [3.8, 4) is 11.5 Å². The minimum atomic E-state index is 0.284. The Labute approximate surface area is 85.2 Å². The maximum atomic E-state index is 9.82. The summed E-state index contributed by atoms with van der Waals surface area (Å²) in [6, 6.07) is 1.67. The first-order chi connectivity index (χ1) is 6.57. The molecule has 0 atom stereocenters. The van der Waals surface area contributed by atoms with Crippen LogP contribution in [0.1, 0.15) is 36.5 Å². The highest BCUT2D eigenvalue weighted by atomic mass is 16.3. The van der Waals surface area contributed by atoms with E-state index in [4.69, 9.17) is 0 Å². The summed E-state index contributed by atoms with van der Waals surface area (Å²) in [5.41, 5.74) is 2.41. The SMILES string of the molecule is CCCCc1cc(O)c(C)c(C)c1O. The van der Waals surface area contributed by atoms with Gasteiger partial charge in [0, 0.05) is 0 Å². The van der Waals surface area contributed by atoms with Crippen molar-refractivity contribution in [2.75, 3.05) is 0 Å². The van der Waals surface area contributed by atoms with Crippen molar-refractivity contribution in [3.63, 3.8) is 0 Å². The van der Waals surface area contributed by atoms with E-state index >= 15 is 0 Å². The van der Waals surface area contributed by atoms with Crippen molar-refractivity contribution < 1.29 is 10.2 Å². The van der Waals surface area contributed by atoms with Crippen molar-refractivity contribution in [1.82, 2.24) is 0 Å². The minimum absolute atomic E-state index is 0.284. The molecule has 0 aromatic heterocycles. The number of phenols is 2. The molecule has 2 nitrogen and oxygen atoms in total. The summed E-state index contributed by atoms with van der Waals surface area (Å²) in [6.45, 7) is 5.76. The van der Waals surface area contributed by atoms with Crippen LogP contribution in [0.2, 0.25) is 0 Å². The summed E-state index contributed by atoms with van der Waals surface area (Å²) in [5, 5.41) is 19.4. The van der Waals surface area contributed by atoms with Gasteiger partial charge in [0.1, 0.15) is 11.5 Å². The largest absolute Gasteiger partial charge is 0.508 e. The molecule has 0 heterocycles. The van der Waals surface area contributed by atoms with Crippen molar-refractivity contribution in [1.29, 1.82) is 0 Å². The van der Waals surface area contributed by atoms with Crippen molar-refractivity contribution in [2.45, 2.75) is 40.0 Å². The molecule has 0 radical (unpaired) electrons. The molecule has 0 unspecified atom stereocenters. The molecule has 0 aliphatic rings. The van der Waals surface area contributed by atoms with Gasteiger partial charge in [-0.15, -0.1) is 0 Å². The molecule has 0 aliphatic carbocycles. The molecule has 14 heavy (non-hydrogen) atoms. The molecule has 1 aromatic rings. The van der Waals surface area contributed by atoms with Gasteiger partial charge in [-0.05, 0) is 49.4 Å². The van der Waals surface area contributed by atoms with E-state index in [1.54, 1.807) is 6.07 Å². The zero-order chi connectivity index (χ0) is 10.7. The van der Waals surface area contributed by atoms with Crippen LogP contribution < -0.4 is 0 Å². The number of unbranched alkanes of at least 4 members (excludes halogenated alkanes) is 1. The van der Waals surface area contributed by atoms with Crippen LogP contribution in [-0.2, 0) is 6.42 Å². The summed E-state index contributed by atoms with van der Waals surface area (Å²) in [7, 11) is 0. The minimum Gasteiger partial charge on any atom is -0.508 e. The molecule has 0 aliphatic heterocycles. The van der Waals surface area contributed by atoms with Gasteiger partial charge in [-0.1, -0.05) is 13.3 Å². The van der Waals surface area contributed by atoms with Gasteiger partial charge in [-0.25, -0.2) is 0 Å². The van der Waals surface area contributed by atoms with Gasteiger partial charge in [-0.2, -0.15) is 0 Å². The van der Waals surface area contributed by atoms with Crippen LogP contribution in [0.15, 0.2) is 6.07 Å². The molecule has 1 aromatic carbocycles. The second-order valence-electron chi connectivity index (χ2n) is 3.76. The Kier molecular flexibility index (Phi) is 3.39. The average molecular weight is 194 g/mol. The molecule has 78 valence electrons. The van der Waals surface area contributed by atoms with E-state index in [1.165, 1.54) is 0 Å². The van der Waals surface area contributed by atoms with Crippen LogP contribution >= 0.6 is 0 Å². The maximum absolute atomic E-state index is 9.82. The summed E-state index contributed by atoms with van der Waals surface area (Å²) in [6.07, 6.45) is 2.96. The highest BCUT2D eigenvalue weighted by Gasteiger charge is 2.10. The predicted octanol–water partition coefficient (Wildman–Crippen LogP) is 3.06. The lowest BCUT2D eigenvalue weighted by Crippen LogP contribution is -1.91. The summed E-state index contributed by atoms with van der Waals surface area (Å²) in [4.78, 5) is 0. The van der Waals surface area contributed by atoms with Gasteiger partial charge in [-0.3, -0.25) is 0 Å². The first-order valence-electron chi connectivity index (χ1n) is 5.09. The van der Waals surface area contributed by atoms with Crippen molar-refractivity contribution in [3.05, 3.63) is 22.8 Å². The Morgan fingerprint density at radius 3 is 2.36 bits per heavy atom. The predicted molar refractivity (Wildman–Crippen MR) is 57.9 cm³/mol. The third kappa shape index (κ3) is 2.00. The fourth-order valence-electron chi connectivity index (χ4n) is 1.51. The van der Waals surface area contributed by atoms with Gasteiger partial charge >= 0.3 is 0 Å². The Hall–Kier alpha value is -1.18. The molecule has 2 heteroatoms. The van der Waals surface area contributed by atoms with Crippen LogP contribution in [0.3, 0.4) is 0 Å². The summed E-state index contributed by atoms with van der Waals surface area (Å²) >= 11 is 0. The highest BCUT2D eigenvalue weighted by molar-refractivity contribution is 5.51. The van der Waals surface area contributed by atoms with Crippen molar-refractivity contribution >= 4 is 0 Å². The highest BCUT2D eigenvalue weighted by Crippen LogP contribution is 2.32. The molecule has 0 amide bonds.